The van der Waals surface area contributed by atoms with E-state index in [2.05, 4.69) is 9.50 Å². The van der Waals surface area contributed by atoms with E-state index < -0.39 is 90.9 Å². The Kier molecular flexibility index (Phi) is 8.47. The molecule has 2 aliphatic rings. The topological polar surface area (TPSA) is 242 Å². The van der Waals surface area contributed by atoms with Crippen molar-refractivity contribution in [2.24, 2.45) is 0 Å². The second-order valence-corrected chi connectivity index (χ2v) is 7.81. The fraction of sp³-hybridized carbons (Fsp3) is 0.929. The maximum absolute atomic E-state index is 11.3. The molecule has 2 aliphatic heterocycles. The molecule has 176 valence electrons. The number of carbonyl (C=O) groups is 1. The molecule has 8 N–H and O–H groups in total. The lowest BCUT2D eigenvalue weighted by Gasteiger charge is -2.46. The first-order valence-corrected chi connectivity index (χ1v) is 10.1. The molecule has 0 bridgehead atoms. The average molecular weight is 463 g/mol. The van der Waals surface area contributed by atoms with E-state index in [9.17, 15) is 43.9 Å². The molecule has 30 heavy (non-hydrogen) atoms. The number of rotatable bonds is 7. The lowest BCUT2D eigenvalue weighted by atomic mass is 9.95. The van der Waals surface area contributed by atoms with Gasteiger partial charge in [0.1, 0.15) is 42.7 Å². The molecule has 0 aromatic heterocycles. The fourth-order valence-corrected chi connectivity index (χ4v) is 3.69. The zero-order chi connectivity index (χ0) is 22.8. The third-order valence-corrected chi connectivity index (χ3v) is 5.06. The Morgan fingerprint density at radius 1 is 0.967 bits per heavy atom. The van der Waals surface area contributed by atoms with Crippen molar-refractivity contribution in [1.82, 2.24) is 5.32 Å². The third kappa shape index (κ3) is 5.81. The van der Waals surface area contributed by atoms with Gasteiger partial charge in [0.15, 0.2) is 18.7 Å². The number of nitrogens with one attached hydrogen (secondary N) is 1. The molecule has 2 fully saturated rings. The van der Waals surface area contributed by atoms with Gasteiger partial charge >= 0.3 is 10.4 Å². The number of hydrogen-bond acceptors (Lipinski definition) is 13. The zero-order valence-electron chi connectivity index (χ0n) is 15.6. The summed E-state index contributed by atoms with van der Waals surface area (Å²) >= 11 is 0. The number of aliphatic hydroxyl groups excluding tert-OH is 6. The van der Waals surface area contributed by atoms with Crippen molar-refractivity contribution in [3.63, 3.8) is 0 Å². The predicted molar refractivity (Wildman–Crippen MR) is 90.6 cm³/mol. The summed E-state index contributed by atoms with van der Waals surface area (Å²) in [5.41, 5.74) is 0. The number of ether oxygens (including phenoxy) is 3. The Balaban J connectivity index is 2.31. The average Bonchev–Trinajstić information content (AvgIpc) is 2.65. The SMILES string of the molecule is CC(=O)N[C@@H]1[C@@H](O)[C@H](O[C@@H]2O[C@@H](CO)[C@@H](O)[C@H](O)[C@H]2OS(=O)(=O)O)[C@@H](CO)O[C@@H]1O. The van der Waals surface area contributed by atoms with E-state index in [1.54, 1.807) is 0 Å². The third-order valence-electron chi connectivity index (χ3n) is 4.59. The van der Waals surface area contributed by atoms with Crippen molar-refractivity contribution < 1.29 is 66.8 Å². The van der Waals surface area contributed by atoms with E-state index >= 15 is 0 Å². The van der Waals surface area contributed by atoms with Crippen LogP contribution in [0.25, 0.3) is 0 Å². The minimum Gasteiger partial charge on any atom is -0.394 e. The Morgan fingerprint density at radius 3 is 2.07 bits per heavy atom. The van der Waals surface area contributed by atoms with Crippen LogP contribution < -0.4 is 5.32 Å². The lowest BCUT2D eigenvalue weighted by Crippen LogP contribution is -2.67. The van der Waals surface area contributed by atoms with Gasteiger partial charge in [0.2, 0.25) is 5.91 Å². The van der Waals surface area contributed by atoms with E-state index in [0.29, 0.717) is 0 Å². The van der Waals surface area contributed by atoms with Crippen molar-refractivity contribution >= 4 is 16.3 Å². The van der Waals surface area contributed by atoms with E-state index in [0.717, 1.165) is 6.92 Å². The first kappa shape index (κ1) is 25.2. The molecule has 0 aliphatic carbocycles. The minimum absolute atomic E-state index is 0.650. The normalized spacial score (nSPS) is 42.7. The van der Waals surface area contributed by atoms with Crippen LogP contribution in [0, 0.1) is 0 Å². The number of amides is 1. The summed E-state index contributed by atoms with van der Waals surface area (Å²) in [7, 11) is -5.18. The highest BCUT2D eigenvalue weighted by Crippen LogP contribution is 2.30. The zero-order valence-corrected chi connectivity index (χ0v) is 16.4. The highest BCUT2D eigenvalue weighted by atomic mass is 32.3. The molecule has 0 unspecified atom stereocenters. The maximum Gasteiger partial charge on any atom is 0.397 e. The molecular weight excluding hydrogens is 438 g/mol. The molecule has 2 heterocycles. The van der Waals surface area contributed by atoms with Gasteiger partial charge in [-0.25, -0.2) is 4.18 Å². The Hall–Kier alpha value is -1.02. The highest BCUT2D eigenvalue weighted by molar-refractivity contribution is 7.80. The van der Waals surface area contributed by atoms with Crippen LogP contribution in [0.5, 0.6) is 0 Å². The van der Waals surface area contributed by atoms with Gasteiger partial charge < -0.3 is 50.2 Å². The first-order valence-electron chi connectivity index (χ1n) is 8.72. The van der Waals surface area contributed by atoms with Crippen molar-refractivity contribution in [2.75, 3.05) is 13.2 Å². The summed E-state index contributed by atoms with van der Waals surface area (Å²) in [5.74, 6) is -0.650. The molecule has 0 spiro atoms. The Morgan fingerprint density at radius 2 is 1.57 bits per heavy atom. The standard InChI is InChI=1S/C14H25NO14S/c1-4(18)15-7-9(20)11(6(3-17)26-13(7)22)28-14-12(29-30(23,24)25)10(21)8(19)5(2-16)27-14/h5-14,16-17,19-22H,2-3H2,1H3,(H,15,18)(H,23,24,25)/t5-,6+,7+,8+,9+,10-,11+,12+,13-,14-/m0/s1. The van der Waals surface area contributed by atoms with Crippen molar-refractivity contribution in [1.29, 1.82) is 0 Å². The molecule has 1 amide bonds. The summed E-state index contributed by atoms with van der Waals surface area (Å²) in [4.78, 5) is 11.3. The predicted octanol–water partition coefficient (Wildman–Crippen LogP) is -5.43. The summed E-state index contributed by atoms with van der Waals surface area (Å²) in [6, 6.07) is -1.43. The Bertz CT molecular complexity index is 690. The summed E-state index contributed by atoms with van der Waals surface area (Å²) in [6.07, 6.45) is -15.8. The van der Waals surface area contributed by atoms with Crippen LogP contribution in [0.4, 0.5) is 0 Å². The molecule has 16 heteroatoms. The van der Waals surface area contributed by atoms with Crippen molar-refractivity contribution in [3.8, 4) is 0 Å². The summed E-state index contributed by atoms with van der Waals surface area (Å²) in [5, 5.41) is 61.5. The van der Waals surface area contributed by atoms with Gasteiger partial charge in [-0.05, 0) is 0 Å². The van der Waals surface area contributed by atoms with Gasteiger partial charge in [-0.2, -0.15) is 8.42 Å². The smallest absolute Gasteiger partial charge is 0.394 e. The summed E-state index contributed by atoms with van der Waals surface area (Å²) < 4.78 is 51.2. The second kappa shape index (κ2) is 10.1. The van der Waals surface area contributed by atoms with Crippen LogP contribution in [-0.2, 0) is 33.6 Å². The molecule has 0 aromatic rings. The molecule has 15 nitrogen and oxygen atoms in total. The summed E-state index contributed by atoms with van der Waals surface area (Å²) in [6.45, 7) is -0.551. The number of carbonyl (C=O) groups excluding carboxylic acids is 1. The van der Waals surface area contributed by atoms with Crippen molar-refractivity contribution in [3.05, 3.63) is 0 Å². The van der Waals surface area contributed by atoms with Gasteiger partial charge in [-0.15, -0.1) is 0 Å². The van der Waals surface area contributed by atoms with Crippen LogP contribution >= 0.6 is 0 Å². The van der Waals surface area contributed by atoms with E-state index in [1.165, 1.54) is 0 Å². The quantitative estimate of drug-likeness (QED) is 0.164. The molecular formula is C14H25NO14S. The number of hydrogen-bond donors (Lipinski definition) is 8. The van der Waals surface area contributed by atoms with E-state index in [-0.39, 0.29) is 0 Å². The van der Waals surface area contributed by atoms with Crippen LogP contribution in [0.2, 0.25) is 0 Å². The van der Waals surface area contributed by atoms with Crippen LogP contribution in [-0.4, -0.2) is 124 Å². The van der Waals surface area contributed by atoms with Crippen LogP contribution in [0.3, 0.4) is 0 Å². The molecule has 2 saturated heterocycles. The fourth-order valence-electron chi connectivity index (χ4n) is 3.20. The van der Waals surface area contributed by atoms with Gasteiger partial charge in [0, 0.05) is 6.92 Å². The molecule has 0 radical (unpaired) electrons. The van der Waals surface area contributed by atoms with Crippen LogP contribution in [0.15, 0.2) is 0 Å². The van der Waals surface area contributed by atoms with Gasteiger partial charge in [-0.1, -0.05) is 0 Å². The maximum atomic E-state index is 11.3. The Labute approximate surface area is 170 Å². The first-order chi connectivity index (χ1) is 13.9. The van der Waals surface area contributed by atoms with Gasteiger partial charge in [0.25, 0.3) is 0 Å². The lowest BCUT2D eigenvalue weighted by molar-refractivity contribution is -0.342. The molecule has 0 aromatic carbocycles. The molecule has 10 atom stereocenters. The van der Waals surface area contributed by atoms with Crippen LogP contribution in [0.1, 0.15) is 6.92 Å². The van der Waals surface area contributed by atoms with E-state index in [1.807, 2.05) is 0 Å². The molecule has 2 rings (SSSR count). The number of aliphatic hydroxyl groups is 6. The minimum atomic E-state index is -5.18. The second-order valence-electron chi connectivity index (χ2n) is 6.76. The van der Waals surface area contributed by atoms with Crippen molar-refractivity contribution in [2.45, 2.75) is 68.3 Å². The largest absolute Gasteiger partial charge is 0.397 e. The van der Waals surface area contributed by atoms with Gasteiger partial charge in [0.05, 0.1) is 13.2 Å². The van der Waals surface area contributed by atoms with Gasteiger partial charge in [-0.3, -0.25) is 9.35 Å². The highest BCUT2D eigenvalue weighted by Gasteiger charge is 2.52. The van der Waals surface area contributed by atoms with E-state index in [4.69, 9.17) is 18.8 Å². The molecule has 0 saturated carbocycles. The monoisotopic (exact) mass is 463 g/mol.